The molecule has 1 aromatic rings. The smallest absolute Gasteiger partial charge is 0.0497 e. The van der Waals surface area contributed by atoms with E-state index in [2.05, 4.69) is 30.0 Å². The van der Waals surface area contributed by atoms with Crippen molar-refractivity contribution in [3.8, 4) is 0 Å². The van der Waals surface area contributed by atoms with Gasteiger partial charge >= 0.3 is 0 Å². The van der Waals surface area contributed by atoms with E-state index in [1.165, 1.54) is 49.2 Å². The van der Waals surface area contributed by atoms with Crippen LogP contribution in [0.3, 0.4) is 0 Å². The van der Waals surface area contributed by atoms with Crippen molar-refractivity contribution in [2.24, 2.45) is 5.92 Å². The lowest BCUT2D eigenvalue weighted by Crippen LogP contribution is -2.23. The van der Waals surface area contributed by atoms with E-state index >= 15 is 0 Å². The van der Waals surface area contributed by atoms with Gasteiger partial charge in [-0.25, -0.2) is 0 Å². The van der Waals surface area contributed by atoms with Crippen molar-refractivity contribution >= 4 is 5.69 Å². The maximum Gasteiger partial charge on any atom is 0.0497 e. The van der Waals surface area contributed by atoms with E-state index in [-0.39, 0.29) is 12.5 Å². The fraction of sp³-hybridized carbons (Fsp3) is 0.600. The number of hydrogen-bond acceptors (Lipinski definition) is 2. The van der Waals surface area contributed by atoms with Crippen molar-refractivity contribution < 1.29 is 5.11 Å². The minimum Gasteiger partial charge on any atom is -0.396 e. The van der Waals surface area contributed by atoms with E-state index in [0.717, 1.165) is 5.92 Å². The predicted molar refractivity (Wildman–Crippen MR) is 70.6 cm³/mol. The van der Waals surface area contributed by atoms with Crippen LogP contribution in [0.1, 0.15) is 36.8 Å². The molecule has 1 aliphatic heterocycles. The highest BCUT2D eigenvalue weighted by atomic mass is 16.3. The molecule has 0 bridgehead atoms. The van der Waals surface area contributed by atoms with Crippen LogP contribution in [0.4, 0.5) is 5.69 Å². The molecule has 0 amide bonds. The second kappa shape index (κ2) is 4.34. The van der Waals surface area contributed by atoms with Crippen LogP contribution in [0, 0.1) is 5.92 Å². The molecule has 1 unspecified atom stereocenters. The second-order valence-corrected chi connectivity index (χ2v) is 5.61. The number of fused-ring (bicyclic) bond motifs is 1. The van der Waals surface area contributed by atoms with Gasteiger partial charge in [-0.3, -0.25) is 0 Å². The van der Waals surface area contributed by atoms with Crippen LogP contribution in [-0.4, -0.2) is 24.8 Å². The van der Waals surface area contributed by atoms with E-state index in [4.69, 9.17) is 0 Å². The molecule has 0 radical (unpaired) electrons. The lowest BCUT2D eigenvalue weighted by Gasteiger charge is -2.20. The zero-order chi connectivity index (χ0) is 11.8. The molecular weight excluding hydrogens is 210 g/mol. The molecule has 2 heteroatoms. The summed E-state index contributed by atoms with van der Waals surface area (Å²) in [5.74, 6) is 1.20. The summed E-state index contributed by atoms with van der Waals surface area (Å²) in [5.41, 5.74) is 4.18. The molecule has 17 heavy (non-hydrogen) atoms. The summed E-state index contributed by atoms with van der Waals surface area (Å²) in [7, 11) is 0. The van der Waals surface area contributed by atoms with Gasteiger partial charge in [-0.15, -0.1) is 0 Å². The molecule has 1 aromatic carbocycles. The highest BCUT2D eigenvalue weighted by Crippen LogP contribution is 2.36. The van der Waals surface area contributed by atoms with Crippen LogP contribution in [0.15, 0.2) is 18.2 Å². The van der Waals surface area contributed by atoms with Crippen molar-refractivity contribution in [3.63, 3.8) is 0 Å². The molecule has 1 fully saturated rings. The number of nitrogens with zero attached hydrogens (tertiary/aromatic N) is 1. The normalized spacial score (nSPS) is 20.5. The minimum atomic E-state index is 0.238. The van der Waals surface area contributed by atoms with Crippen molar-refractivity contribution in [1.82, 2.24) is 0 Å². The van der Waals surface area contributed by atoms with Gasteiger partial charge in [-0.05, 0) is 42.4 Å². The highest BCUT2D eigenvalue weighted by Gasteiger charge is 2.28. The molecule has 2 nitrogen and oxygen atoms in total. The lowest BCUT2D eigenvalue weighted by molar-refractivity contribution is 0.273. The number of hydrogen-bond donors (Lipinski definition) is 1. The lowest BCUT2D eigenvalue weighted by atomic mass is 9.99. The molecule has 0 aromatic heterocycles. The summed E-state index contributed by atoms with van der Waals surface area (Å²) in [6.07, 6.45) is 4.02. The quantitative estimate of drug-likeness (QED) is 0.861. The van der Waals surface area contributed by atoms with Crippen LogP contribution in [0.2, 0.25) is 0 Å². The monoisotopic (exact) mass is 231 g/mol. The maximum absolute atomic E-state index is 9.24. The Balaban J connectivity index is 1.84. The van der Waals surface area contributed by atoms with E-state index < -0.39 is 0 Å². The van der Waals surface area contributed by atoms with E-state index in [0.29, 0.717) is 0 Å². The van der Waals surface area contributed by atoms with Crippen molar-refractivity contribution in [2.45, 2.75) is 32.1 Å². The first kappa shape index (κ1) is 11.1. The van der Waals surface area contributed by atoms with Crippen LogP contribution in [0.25, 0.3) is 0 Å². The first-order valence-electron chi connectivity index (χ1n) is 6.76. The van der Waals surface area contributed by atoms with Gasteiger partial charge in [0.25, 0.3) is 0 Å². The Morgan fingerprint density at radius 2 is 2.24 bits per heavy atom. The first-order valence-corrected chi connectivity index (χ1v) is 6.76. The van der Waals surface area contributed by atoms with Gasteiger partial charge in [0.05, 0.1) is 0 Å². The Bertz CT molecular complexity index is 411. The first-order chi connectivity index (χ1) is 8.28. The van der Waals surface area contributed by atoms with Crippen molar-refractivity contribution in [1.29, 1.82) is 0 Å². The van der Waals surface area contributed by atoms with Gasteiger partial charge in [0, 0.05) is 31.3 Å². The Labute approximate surface area is 103 Å². The van der Waals surface area contributed by atoms with Crippen molar-refractivity contribution in [2.75, 3.05) is 24.6 Å². The SMILES string of the molecule is CC(CO)c1ccc2c(c1)N(CC1CC1)CC2. The molecule has 0 spiro atoms. The molecule has 1 atom stereocenters. The van der Waals surface area contributed by atoms with Crippen LogP contribution in [0.5, 0.6) is 0 Å². The third kappa shape index (κ3) is 2.19. The topological polar surface area (TPSA) is 23.5 Å². The molecule has 1 saturated carbocycles. The van der Waals surface area contributed by atoms with E-state index in [1.807, 2.05) is 0 Å². The zero-order valence-electron chi connectivity index (χ0n) is 10.5. The van der Waals surface area contributed by atoms with Crippen LogP contribution in [-0.2, 0) is 6.42 Å². The highest BCUT2D eigenvalue weighted by molar-refractivity contribution is 5.60. The Hall–Kier alpha value is -1.02. The Morgan fingerprint density at radius 1 is 1.41 bits per heavy atom. The summed E-state index contributed by atoms with van der Waals surface area (Å²) >= 11 is 0. The third-order valence-corrected chi connectivity index (χ3v) is 4.12. The van der Waals surface area contributed by atoms with Crippen molar-refractivity contribution in [3.05, 3.63) is 29.3 Å². The molecule has 1 heterocycles. The number of rotatable bonds is 4. The van der Waals surface area contributed by atoms with Gasteiger partial charge < -0.3 is 10.0 Å². The van der Waals surface area contributed by atoms with Crippen LogP contribution >= 0.6 is 0 Å². The van der Waals surface area contributed by atoms with Crippen LogP contribution < -0.4 is 4.90 Å². The maximum atomic E-state index is 9.24. The molecular formula is C15H21NO. The fourth-order valence-corrected chi connectivity index (χ4v) is 2.68. The van der Waals surface area contributed by atoms with Gasteiger partial charge in [-0.2, -0.15) is 0 Å². The summed E-state index contributed by atoms with van der Waals surface area (Å²) in [6, 6.07) is 6.73. The van der Waals surface area contributed by atoms with Gasteiger partial charge in [0.2, 0.25) is 0 Å². The third-order valence-electron chi connectivity index (χ3n) is 4.12. The second-order valence-electron chi connectivity index (χ2n) is 5.61. The van der Waals surface area contributed by atoms with Gasteiger partial charge in [-0.1, -0.05) is 19.1 Å². The Morgan fingerprint density at radius 3 is 2.94 bits per heavy atom. The molecule has 1 aliphatic carbocycles. The Kier molecular flexibility index (Phi) is 2.83. The molecule has 3 rings (SSSR count). The molecule has 1 N–H and O–H groups in total. The summed E-state index contributed by atoms with van der Waals surface area (Å²) in [5, 5.41) is 9.24. The summed E-state index contributed by atoms with van der Waals surface area (Å²) in [6.45, 7) is 4.75. The average molecular weight is 231 g/mol. The predicted octanol–water partition coefficient (Wildman–Crippen LogP) is 2.55. The van der Waals surface area contributed by atoms with Gasteiger partial charge in [0.15, 0.2) is 0 Å². The fourth-order valence-electron chi connectivity index (χ4n) is 2.68. The minimum absolute atomic E-state index is 0.238. The van der Waals surface area contributed by atoms with Gasteiger partial charge in [0.1, 0.15) is 0 Å². The largest absolute Gasteiger partial charge is 0.396 e. The number of anilines is 1. The summed E-state index contributed by atoms with van der Waals surface area (Å²) < 4.78 is 0. The molecule has 92 valence electrons. The molecule has 0 saturated heterocycles. The summed E-state index contributed by atoms with van der Waals surface area (Å²) in [4.78, 5) is 2.54. The number of aliphatic hydroxyl groups is 1. The number of benzene rings is 1. The van der Waals surface area contributed by atoms with E-state index in [9.17, 15) is 5.11 Å². The standard InChI is InChI=1S/C15H21NO/c1-11(10-17)14-5-4-13-6-7-16(15(13)8-14)9-12-2-3-12/h4-5,8,11-12,17H,2-3,6-7,9-10H2,1H3. The van der Waals surface area contributed by atoms with E-state index in [1.54, 1.807) is 0 Å². The molecule has 2 aliphatic rings. The average Bonchev–Trinajstić information content (AvgIpc) is 3.09. The zero-order valence-corrected chi connectivity index (χ0v) is 10.5. The number of aliphatic hydroxyl groups excluding tert-OH is 1.